The Bertz CT molecular complexity index is 1170. The average Bonchev–Trinajstić information content (AvgIpc) is 2.91. The van der Waals surface area contributed by atoms with Crippen molar-refractivity contribution in [3.8, 4) is 0 Å². The number of benzene rings is 4. The maximum Gasteiger partial charge on any atom is 0.350 e. The topological polar surface area (TPSA) is 143 Å². The number of hydrogen-bond acceptors (Lipinski definition) is 4. The van der Waals surface area contributed by atoms with E-state index in [4.69, 9.17) is 0 Å². The zero-order valence-electron chi connectivity index (χ0n) is 19.9. The molecule has 0 saturated heterocycles. The van der Waals surface area contributed by atoms with Gasteiger partial charge in [-0.2, -0.15) is 0 Å². The Morgan fingerprint density at radius 3 is 0.892 bits per heavy atom. The molecule has 0 aliphatic carbocycles. The van der Waals surface area contributed by atoms with Crippen molar-refractivity contribution in [2.45, 2.75) is 0 Å². The van der Waals surface area contributed by atoms with Gasteiger partial charge < -0.3 is 21.2 Å². The minimum absolute atomic E-state index is 0. The monoisotopic (exact) mass is 626 g/mol. The first-order valence-corrected chi connectivity index (χ1v) is 10.7. The zero-order chi connectivity index (χ0) is 24.2. The summed E-state index contributed by atoms with van der Waals surface area (Å²) in [4.78, 5) is 19.7. The first kappa shape index (κ1) is 33.6. The smallest absolute Gasteiger partial charge is 0.350 e. The molecule has 0 atom stereocenters. The van der Waals surface area contributed by atoms with E-state index in [0.29, 0.717) is 22.3 Å². The van der Waals surface area contributed by atoms with Gasteiger partial charge in [0.1, 0.15) is 11.5 Å². The van der Waals surface area contributed by atoms with Crippen LogP contribution in [0, 0.1) is 40.8 Å². The van der Waals surface area contributed by atoms with E-state index in [-0.39, 0.29) is 74.9 Å². The fourth-order valence-electron chi connectivity index (χ4n) is 3.03. The zero-order valence-corrected chi connectivity index (χ0v) is 23.1. The van der Waals surface area contributed by atoms with Crippen molar-refractivity contribution in [2.24, 2.45) is 0 Å². The normalized spacial score (nSPS) is 10.3. The molecule has 0 saturated carbocycles. The van der Waals surface area contributed by atoms with Gasteiger partial charge in [-0.3, -0.25) is 9.59 Å². The van der Waals surface area contributed by atoms with Crippen LogP contribution in [0.15, 0.2) is 133 Å². The summed E-state index contributed by atoms with van der Waals surface area (Å²) in [7, 11) is 0. The van der Waals surface area contributed by atoms with Crippen LogP contribution in [-0.2, 0) is 0 Å². The molecule has 0 aliphatic heterocycles. The second-order valence-electron chi connectivity index (χ2n) is 7.29. The first-order valence-electron chi connectivity index (χ1n) is 10.7. The van der Waals surface area contributed by atoms with Gasteiger partial charge in [0, 0.05) is 52.0 Å². The van der Waals surface area contributed by atoms with Gasteiger partial charge in [0.2, 0.25) is 0 Å². The van der Waals surface area contributed by atoms with Crippen LogP contribution in [0.4, 0.5) is 0 Å². The van der Waals surface area contributed by atoms with Crippen LogP contribution in [0.1, 0.15) is 22.3 Å². The quantitative estimate of drug-likeness (QED) is 0.117. The van der Waals surface area contributed by atoms with E-state index in [0.717, 1.165) is 0 Å². The van der Waals surface area contributed by atoms with Gasteiger partial charge in [0.25, 0.3) is 0 Å². The number of aliphatic hydroxyl groups excluding tert-OH is 2. The van der Waals surface area contributed by atoms with Crippen molar-refractivity contribution >= 4 is 23.1 Å². The molecular weight excluding hydrogens is 601 g/mol. The number of rotatable bonds is 6. The van der Waals surface area contributed by atoms with E-state index in [1.54, 1.807) is 48.5 Å². The van der Waals surface area contributed by atoms with Crippen LogP contribution in [0.5, 0.6) is 0 Å². The Kier molecular flexibility index (Phi) is 16.3. The van der Waals surface area contributed by atoms with Crippen LogP contribution >= 0.6 is 0 Å². The third kappa shape index (κ3) is 11.0. The third-order valence-electron chi connectivity index (χ3n) is 4.83. The molecule has 4 rings (SSSR count). The second kappa shape index (κ2) is 17.9. The van der Waals surface area contributed by atoms with Crippen LogP contribution in [0.2, 0.25) is 0 Å². The largest absolute Gasteiger partial charge is 0.870 e. The Hall–Kier alpha value is -3.43. The Morgan fingerprint density at radius 1 is 0.432 bits per heavy atom. The SMILES string of the molecule is O/C(=C\C(=[OH+])c1ccccc1)c1ccccc1.O/C(=C\C(=[OH+])c1ccccc1)c1ccccc1.[Nd].[OH-].[OH-]. The molecule has 4 aromatic carbocycles. The maximum atomic E-state index is 9.83. The van der Waals surface area contributed by atoms with E-state index in [9.17, 15) is 19.8 Å². The summed E-state index contributed by atoms with van der Waals surface area (Å²) in [5, 5.41) is 19.7. The minimum Gasteiger partial charge on any atom is -0.870 e. The predicted molar refractivity (Wildman–Crippen MR) is 143 cm³/mol. The molecule has 0 bridgehead atoms. The molecule has 0 radical (unpaired) electrons. The van der Waals surface area contributed by atoms with E-state index < -0.39 is 0 Å². The molecule has 6 nitrogen and oxygen atoms in total. The molecule has 0 aliphatic rings. The molecule has 0 spiro atoms. The summed E-state index contributed by atoms with van der Waals surface area (Å²) in [5.74, 6) is 0.192. The van der Waals surface area contributed by atoms with Crippen molar-refractivity contribution in [1.82, 2.24) is 0 Å². The molecule has 188 valence electrons. The Morgan fingerprint density at radius 2 is 0.649 bits per heavy atom. The summed E-state index contributed by atoms with van der Waals surface area (Å²) in [5.41, 5.74) is 2.70. The number of carbonyl (C=O) groups excluding carboxylic acids is 2. The number of aliphatic hydroxyl groups is 2. The molecule has 7 heteroatoms. The van der Waals surface area contributed by atoms with E-state index in [1.165, 1.54) is 12.2 Å². The van der Waals surface area contributed by atoms with E-state index in [1.807, 2.05) is 72.8 Å². The summed E-state index contributed by atoms with van der Waals surface area (Å²) in [6, 6.07) is 36.4. The summed E-state index contributed by atoms with van der Waals surface area (Å²) < 4.78 is 0. The molecule has 0 amide bonds. The Labute approximate surface area is 248 Å². The minimum atomic E-state index is 0. The number of allylic oxidation sites excluding steroid dienone is 2. The molecule has 0 unspecified atom stereocenters. The van der Waals surface area contributed by atoms with Crippen LogP contribution in [0.25, 0.3) is 11.5 Å². The van der Waals surface area contributed by atoms with Gasteiger partial charge in [0.05, 0.1) is 23.3 Å². The van der Waals surface area contributed by atoms with Gasteiger partial charge in [-0.1, -0.05) is 97.1 Å². The number of ketones is 2. The molecule has 6 N–H and O–H groups in total. The van der Waals surface area contributed by atoms with Crippen LogP contribution in [0.3, 0.4) is 0 Å². The van der Waals surface area contributed by atoms with Gasteiger partial charge >= 0.3 is 11.6 Å². The summed E-state index contributed by atoms with van der Waals surface area (Å²) >= 11 is 0. The van der Waals surface area contributed by atoms with Crippen molar-refractivity contribution in [3.05, 3.63) is 156 Å². The van der Waals surface area contributed by atoms with Crippen molar-refractivity contribution in [3.63, 3.8) is 0 Å². The standard InChI is InChI=1S/2C15H12O2.Nd.2H2O/c2*16-14(12-7-3-1-4-8-12)11-15(17)13-9-5-2-6-10-13;;;/h2*1-11,16H;;2*1H2/b2*14-11-;;;. The molecule has 0 aromatic heterocycles. The second-order valence-corrected chi connectivity index (χ2v) is 7.29. The predicted octanol–water partition coefficient (Wildman–Crippen LogP) is 6.00. The van der Waals surface area contributed by atoms with Gasteiger partial charge in [-0.25, -0.2) is 0 Å². The first-order chi connectivity index (χ1) is 16.5. The summed E-state index contributed by atoms with van der Waals surface area (Å²) in [6.07, 6.45) is 2.70. The van der Waals surface area contributed by atoms with Gasteiger partial charge in [0.15, 0.2) is 0 Å². The molecule has 0 fully saturated rings. The van der Waals surface area contributed by atoms with E-state index >= 15 is 0 Å². The molecule has 4 aromatic rings. The fraction of sp³-hybridized carbons (Fsp3) is 0. The molecular formula is C30H28NdO6. The van der Waals surface area contributed by atoms with Crippen molar-refractivity contribution in [2.75, 3.05) is 0 Å². The van der Waals surface area contributed by atoms with Gasteiger partial charge in [-0.05, 0) is 24.3 Å². The molecule has 37 heavy (non-hydrogen) atoms. The van der Waals surface area contributed by atoms with Crippen molar-refractivity contribution in [1.29, 1.82) is 0 Å². The van der Waals surface area contributed by atoms with Crippen molar-refractivity contribution < 1.29 is 71.6 Å². The fourth-order valence-corrected chi connectivity index (χ4v) is 3.03. The van der Waals surface area contributed by atoms with Crippen LogP contribution in [-0.4, -0.2) is 42.3 Å². The third-order valence-corrected chi connectivity index (χ3v) is 4.83. The Balaban J connectivity index is 0.000000648. The number of hydrogen-bond donors (Lipinski definition) is 2. The summed E-state index contributed by atoms with van der Waals surface area (Å²) in [6.45, 7) is 0. The average molecular weight is 629 g/mol. The van der Waals surface area contributed by atoms with Gasteiger partial charge in [-0.15, -0.1) is 0 Å². The molecule has 0 heterocycles. The van der Waals surface area contributed by atoms with Crippen LogP contribution < -0.4 is 0 Å². The van der Waals surface area contributed by atoms with E-state index in [2.05, 4.69) is 0 Å². The maximum absolute atomic E-state index is 9.83.